The van der Waals surface area contributed by atoms with Crippen molar-refractivity contribution in [3.8, 4) is 0 Å². The molecule has 17 heteroatoms. The van der Waals surface area contributed by atoms with Gasteiger partial charge in [-0.15, -0.1) is 0 Å². The fourth-order valence-electron chi connectivity index (χ4n) is 4.08. The molecular weight excluding hydrogens is 507 g/mol. The quantitative estimate of drug-likeness (QED) is 0.125. The summed E-state index contributed by atoms with van der Waals surface area (Å²) in [6, 6.07) is 1.35. The molecule has 0 saturated carbocycles. The summed E-state index contributed by atoms with van der Waals surface area (Å²) < 4.78 is 45.3. The maximum absolute atomic E-state index is 13.2. The van der Waals surface area contributed by atoms with E-state index < -0.39 is 68.9 Å². The predicted molar refractivity (Wildman–Crippen MR) is 119 cm³/mol. The Kier molecular flexibility index (Phi) is 9.56. The molecule has 7 atom stereocenters. The van der Waals surface area contributed by atoms with Gasteiger partial charge in [-0.2, -0.15) is 4.98 Å². The topological polar surface area (TPSA) is 237 Å². The number of phosphoric acid groups is 1. The van der Waals surface area contributed by atoms with Gasteiger partial charge in [0.1, 0.15) is 11.9 Å². The van der Waals surface area contributed by atoms with Gasteiger partial charge in [0.25, 0.3) is 5.79 Å². The summed E-state index contributed by atoms with van der Waals surface area (Å²) in [4.78, 5) is 28.2. The smallest absolute Gasteiger partial charge is 0.465 e. The number of esters is 1. The number of aromatic nitrogens is 2. The molecule has 36 heavy (non-hydrogen) atoms. The van der Waals surface area contributed by atoms with Gasteiger partial charge >= 0.3 is 19.5 Å². The molecule has 3 rings (SSSR count). The van der Waals surface area contributed by atoms with Crippen LogP contribution in [-0.4, -0.2) is 81.4 Å². The molecule has 0 spiro atoms. The predicted octanol–water partition coefficient (Wildman–Crippen LogP) is -1.31. The first-order valence-corrected chi connectivity index (χ1v) is 12.6. The SMILES string of the molecule is COC(=O)C1(OP(=O)(ON)OC[C@@H]2CC(O)C(n3ccc(N)nc3=O)O2)CC(O)CC(CCCO)O1. The second kappa shape index (κ2) is 12.0. The summed E-state index contributed by atoms with van der Waals surface area (Å²) in [6.45, 7) is -0.644. The lowest BCUT2D eigenvalue weighted by Gasteiger charge is -2.41. The molecule has 0 aliphatic carbocycles. The van der Waals surface area contributed by atoms with Gasteiger partial charge in [0.05, 0.1) is 32.0 Å². The molecule has 3 heterocycles. The number of nitrogens with two attached hydrogens (primary N) is 2. The molecule has 0 aromatic carbocycles. The fraction of sp³-hybridized carbons (Fsp3) is 0.737. The number of ether oxygens (including phenoxy) is 3. The van der Waals surface area contributed by atoms with Crippen molar-refractivity contribution >= 4 is 19.6 Å². The molecule has 1 aromatic rings. The van der Waals surface area contributed by atoms with E-state index >= 15 is 0 Å². The average molecular weight is 538 g/mol. The molecule has 6 unspecified atom stereocenters. The van der Waals surface area contributed by atoms with Crippen molar-refractivity contribution in [2.75, 3.05) is 26.1 Å². The van der Waals surface area contributed by atoms with Crippen molar-refractivity contribution in [1.29, 1.82) is 0 Å². The minimum atomic E-state index is -4.73. The largest absolute Gasteiger partial charge is 0.494 e. The summed E-state index contributed by atoms with van der Waals surface area (Å²) in [7, 11) is -3.69. The zero-order valence-electron chi connectivity index (χ0n) is 19.5. The van der Waals surface area contributed by atoms with Gasteiger partial charge in [-0.1, -0.05) is 0 Å². The Morgan fingerprint density at radius 1 is 1.36 bits per heavy atom. The molecule has 16 nitrogen and oxygen atoms in total. The minimum absolute atomic E-state index is 0.00464. The monoisotopic (exact) mass is 538 g/mol. The van der Waals surface area contributed by atoms with Crippen LogP contribution in [-0.2, 0) is 37.2 Å². The Hall–Kier alpha value is -1.98. The number of aliphatic hydroxyl groups excluding tert-OH is 3. The number of hydrogen-bond acceptors (Lipinski definition) is 15. The minimum Gasteiger partial charge on any atom is -0.465 e. The third-order valence-corrected chi connectivity index (χ3v) is 6.92. The van der Waals surface area contributed by atoms with Crippen LogP contribution in [0.1, 0.15) is 38.3 Å². The first kappa shape index (κ1) is 28.6. The number of carbonyl (C=O) groups is 1. The van der Waals surface area contributed by atoms with Crippen LogP contribution in [0.5, 0.6) is 0 Å². The number of phosphoric ester groups is 1. The second-order valence-corrected chi connectivity index (χ2v) is 9.92. The van der Waals surface area contributed by atoms with Crippen molar-refractivity contribution in [3.63, 3.8) is 0 Å². The number of hydrogen-bond donors (Lipinski definition) is 5. The Morgan fingerprint density at radius 3 is 2.75 bits per heavy atom. The zero-order chi connectivity index (χ0) is 26.5. The molecular formula is C19H31N4O12P. The number of rotatable bonds is 11. The van der Waals surface area contributed by atoms with Crippen LogP contribution in [0, 0.1) is 0 Å². The Labute approximate surface area is 205 Å². The summed E-state index contributed by atoms with van der Waals surface area (Å²) in [6.07, 6.45) is -3.50. The van der Waals surface area contributed by atoms with E-state index in [-0.39, 0.29) is 31.7 Å². The van der Waals surface area contributed by atoms with Crippen LogP contribution in [0.3, 0.4) is 0 Å². The second-order valence-electron chi connectivity index (χ2n) is 8.38. The van der Waals surface area contributed by atoms with Crippen molar-refractivity contribution < 1.29 is 52.6 Å². The lowest BCUT2D eigenvalue weighted by Crippen LogP contribution is -2.53. The van der Waals surface area contributed by atoms with Crippen molar-refractivity contribution in [3.05, 3.63) is 22.7 Å². The number of nitrogen functional groups attached to an aromatic ring is 1. The van der Waals surface area contributed by atoms with Gasteiger partial charge in [0, 0.05) is 25.6 Å². The molecule has 1 aromatic heterocycles. The molecule has 204 valence electrons. The highest BCUT2D eigenvalue weighted by Crippen LogP contribution is 2.54. The van der Waals surface area contributed by atoms with Crippen molar-refractivity contribution in [1.82, 2.24) is 9.55 Å². The number of anilines is 1. The molecule has 2 saturated heterocycles. The first-order valence-electron chi connectivity index (χ1n) is 11.1. The van der Waals surface area contributed by atoms with Crippen LogP contribution < -0.4 is 17.3 Å². The molecule has 0 bridgehead atoms. The van der Waals surface area contributed by atoms with Crippen LogP contribution in [0.15, 0.2) is 17.1 Å². The van der Waals surface area contributed by atoms with Crippen molar-refractivity contribution in [2.24, 2.45) is 5.90 Å². The summed E-state index contributed by atoms with van der Waals surface area (Å²) in [5, 5.41) is 29.7. The zero-order valence-corrected chi connectivity index (χ0v) is 20.4. The molecule has 2 aliphatic heterocycles. The van der Waals surface area contributed by atoms with E-state index in [2.05, 4.69) is 9.61 Å². The standard InChI is InChI=1S/C19H31N4O12P/c1-30-17(27)19(9-11(25)7-12(33-19)3-2-6-24)34-36(29,35-21)31-10-13-8-14(26)16(32-13)23-5-4-15(20)22-18(23)28/h4-5,11-14,16,24-26H,2-3,6-10,21H2,1H3,(H2,20,22,28)/t11?,12?,13-,14?,16?,19?,36?/m0/s1. The van der Waals surface area contributed by atoms with Crippen LogP contribution >= 0.6 is 7.82 Å². The number of methoxy groups -OCH3 is 1. The van der Waals surface area contributed by atoms with Crippen molar-refractivity contribution in [2.45, 2.75) is 68.5 Å². The number of aliphatic hydroxyl groups is 3. The van der Waals surface area contributed by atoms with Gasteiger partial charge < -0.3 is 35.3 Å². The molecule has 2 fully saturated rings. The maximum atomic E-state index is 13.2. The summed E-state index contributed by atoms with van der Waals surface area (Å²) >= 11 is 0. The Morgan fingerprint density at radius 2 is 2.11 bits per heavy atom. The van der Waals surface area contributed by atoms with Crippen LogP contribution in [0.2, 0.25) is 0 Å². The lowest BCUT2D eigenvalue weighted by molar-refractivity contribution is -0.267. The average Bonchev–Trinajstić information content (AvgIpc) is 3.20. The van der Waals surface area contributed by atoms with Gasteiger partial charge in [-0.25, -0.2) is 29.2 Å². The highest BCUT2D eigenvalue weighted by atomic mass is 31.2. The Bertz CT molecular complexity index is 1010. The van der Waals surface area contributed by atoms with E-state index in [1.165, 1.54) is 12.3 Å². The van der Waals surface area contributed by atoms with E-state index in [4.69, 9.17) is 40.0 Å². The molecule has 0 radical (unpaired) electrons. The van der Waals surface area contributed by atoms with Crippen LogP contribution in [0.25, 0.3) is 0 Å². The molecule has 0 amide bonds. The Balaban J connectivity index is 1.71. The van der Waals surface area contributed by atoms with E-state index in [1.54, 1.807) is 0 Å². The first-order chi connectivity index (χ1) is 17.0. The lowest BCUT2D eigenvalue weighted by atomic mass is 9.96. The summed E-state index contributed by atoms with van der Waals surface area (Å²) in [5.41, 5.74) is 4.72. The van der Waals surface area contributed by atoms with E-state index in [0.717, 1.165) is 11.7 Å². The van der Waals surface area contributed by atoms with E-state index in [1.807, 2.05) is 0 Å². The van der Waals surface area contributed by atoms with E-state index in [0.29, 0.717) is 6.42 Å². The summed E-state index contributed by atoms with van der Waals surface area (Å²) in [5.74, 6) is 1.68. The third-order valence-electron chi connectivity index (χ3n) is 5.67. The van der Waals surface area contributed by atoms with Gasteiger partial charge in [0.15, 0.2) is 6.23 Å². The van der Waals surface area contributed by atoms with Gasteiger partial charge in [-0.05, 0) is 25.3 Å². The molecule has 2 aliphatic rings. The highest BCUT2D eigenvalue weighted by molar-refractivity contribution is 7.48. The highest BCUT2D eigenvalue weighted by Gasteiger charge is 2.55. The maximum Gasteiger partial charge on any atom is 0.494 e. The fourth-order valence-corrected chi connectivity index (χ4v) is 5.14. The molecule has 7 N–H and O–H groups in total. The number of nitrogens with zero attached hydrogens (tertiary/aromatic N) is 2. The number of carbonyl (C=O) groups excluding carboxylic acids is 1. The van der Waals surface area contributed by atoms with E-state index in [9.17, 15) is 24.4 Å². The normalized spacial score (nSPS) is 32.2. The third kappa shape index (κ3) is 6.66. The van der Waals surface area contributed by atoms with Crippen LogP contribution in [0.4, 0.5) is 5.82 Å². The van der Waals surface area contributed by atoms with Gasteiger partial charge in [0.2, 0.25) is 0 Å². The van der Waals surface area contributed by atoms with Gasteiger partial charge in [-0.3, -0.25) is 9.09 Å².